The van der Waals surface area contributed by atoms with E-state index in [1.807, 2.05) is 0 Å². The van der Waals surface area contributed by atoms with Crippen LogP contribution in [0.1, 0.15) is 34.5 Å². The van der Waals surface area contributed by atoms with Crippen LogP contribution in [-0.2, 0) is 34.7 Å². The fraction of sp³-hybridized carbons (Fsp3) is 0.520. The molecule has 1 unspecified atom stereocenters. The maximum Gasteiger partial charge on any atom is 0.416 e. The van der Waals surface area contributed by atoms with Gasteiger partial charge in [0.15, 0.2) is 11.5 Å². The van der Waals surface area contributed by atoms with Crippen molar-refractivity contribution in [3.63, 3.8) is 0 Å². The highest BCUT2D eigenvalue weighted by Gasteiger charge is 2.53. The molecule has 0 amide bonds. The molecule has 0 radical (unpaired) electrons. The van der Waals surface area contributed by atoms with E-state index in [1.165, 1.54) is 13.0 Å². The van der Waals surface area contributed by atoms with E-state index in [0.29, 0.717) is 55.6 Å². The minimum atomic E-state index is -4.43. The number of likely N-dealkylation sites (tertiary alicyclic amines) is 1. The molecule has 3 aliphatic rings. The molecule has 8 nitrogen and oxygen atoms in total. The first-order chi connectivity index (χ1) is 17.6. The average molecular weight is 535 g/mol. The fourth-order valence-corrected chi connectivity index (χ4v) is 7.20. The summed E-state index contributed by atoms with van der Waals surface area (Å²) in [5, 5.41) is 4.85. The number of hydrogen-bond donors (Lipinski definition) is 1. The van der Waals surface area contributed by atoms with Crippen LogP contribution >= 0.6 is 0 Å². The highest BCUT2D eigenvalue weighted by atomic mass is 32.2. The zero-order valence-corrected chi connectivity index (χ0v) is 21.4. The Bertz CT molecular complexity index is 1380. The summed E-state index contributed by atoms with van der Waals surface area (Å²) in [4.78, 5) is 9.10. The summed E-state index contributed by atoms with van der Waals surface area (Å²) in [7, 11) is -0.785. The number of fused-ring (bicyclic) bond motifs is 1. The van der Waals surface area contributed by atoms with Gasteiger partial charge in [-0.05, 0) is 30.5 Å². The monoisotopic (exact) mass is 534 g/mol. The van der Waals surface area contributed by atoms with Crippen LogP contribution in [0.3, 0.4) is 0 Å². The van der Waals surface area contributed by atoms with Crippen LogP contribution in [-0.4, -0.2) is 73.6 Å². The smallest absolute Gasteiger partial charge is 0.396 e. The second kappa shape index (κ2) is 8.95. The molecule has 1 atom stereocenters. The van der Waals surface area contributed by atoms with E-state index in [1.54, 1.807) is 16.6 Å². The first-order valence-electron chi connectivity index (χ1n) is 12.4. The van der Waals surface area contributed by atoms with E-state index in [-0.39, 0.29) is 16.7 Å². The predicted molar refractivity (Wildman–Crippen MR) is 135 cm³/mol. The minimum absolute atomic E-state index is 0.0995. The molecule has 198 valence electrons. The molecule has 0 aliphatic carbocycles. The molecule has 37 heavy (non-hydrogen) atoms. The number of halogens is 3. The molecule has 1 spiro atoms. The molecule has 0 bridgehead atoms. The second-order valence-electron chi connectivity index (χ2n) is 10.2. The number of nitrogens with zero attached hydrogens (tertiary/aromatic N) is 5. The van der Waals surface area contributed by atoms with Crippen LogP contribution in [0.25, 0.3) is 5.65 Å². The third kappa shape index (κ3) is 4.28. The zero-order chi connectivity index (χ0) is 25.9. The SMILES string of the molecule is Cc1c(Cc2c(CN3CC4(CCS4=O)C3)nc3c(N)cc(N4CCOCC4)nn23)cccc1C(F)(F)F. The molecule has 3 aromatic rings. The molecule has 2 N–H and O–H groups in total. The minimum Gasteiger partial charge on any atom is -0.396 e. The molecule has 5 heterocycles. The Kier molecular flexibility index (Phi) is 5.96. The van der Waals surface area contributed by atoms with Crippen molar-refractivity contribution in [3.05, 3.63) is 52.3 Å². The van der Waals surface area contributed by atoms with Gasteiger partial charge in [0.05, 0.1) is 40.6 Å². The van der Waals surface area contributed by atoms with E-state index < -0.39 is 22.5 Å². The van der Waals surface area contributed by atoms with Crippen LogP contribution in [0.5, 0.6) is 0 Å². The number of benzene rings is 1. The predicted octanol–water partition coefficient (Wildman–Crippen LogP) is 2.77. The molecule has 3 fully saturated rings. The van der Waals surface area contributed by atoms with Gasteiger partial charge < -0.3 is 15.4 Å². The number of hydrogen-bond acceptors (Lipinski definition) is 7. The van der Waals surface area contributed by atoms with Crippen molar-refractivity contribution in [2.24, 2.45) is 0 Å². The number of aromatic nitrogens is 3. The number of nitrogens with two attached hydrogens (primary N) is 1. The number of imidazole rings is 1. The van der Waals surface area contributed by atoms with Crippen LogP contribution in [0.4, 0.5) is 24.7 Å². The van der Waals surface area contributed by atoms with E-state index >= 15 is 0 Å². The van der Waals surface area contributed by atoms with Gasteiger partial charge in [0.2, 0.25) is 0 Å². The molecular weight excluding hydrogens is 505 g/mol. The topological polar surface area (TPSA) is 89.0 Å². The Hall–Kier alpha value is -2.70. The van der Waals surface area contributed by atoms with Crippen molar-refractivity contribution >= 4 is 28.0 Å². The molecule has 2 aromatic heterocycles. The third-order valence-electron chi connectivity index (χ3n) is 7.84. The van der Waals surface area contributed by atoms with Crippen LogP contribution in [0.15, 0.2) is 24.3 Å². The van der Waals surface area contributed by atoms with Crippen LogP contribution < -0.4 is 10.6 Å². The molecule has 6 rings (SSSR count). The number of nitrogen functional groups attached to an aromatic ring is 1. The van der Waals surface area contributed by atoms with Crippen molar-refractivity contribution in [1.29, 1.82) is 0 Å². The molecular formula is C25H29F3N6O2S. The van der Waals surface area contributed by atoms with E-state index in [0.717, 1.165) is 42.7 Å². The first-order valence-corrected chi connectivity index (χ1v) is 13.7. The van der Waals surface area contributed by atoms with E-state index in [4.69, 9.17) is 20.6 Å². The van der Waals surface area contributed by atoms with E-state index in [2.05, 4.69) is 9.80 Å². The van der Waals surface area contributed by atoms with Gasteiger partial charge in [-0.3, -0.25) is 9.11 Å². The standard InChI is InChI=1S/C25H29F3N6O2S/c1-16-17(3-2-4-18(16)25(26,27)28)11-21-20(13-32-14-24(15-32)5-10-37(24)35)30-23-19(29)12-22(31-34(21)23)33-6-8-36-9-7-33/h2-4,12H,5-11,13-15,29H2,1H3. The number of alkyl halides is 3. The lowest BCUT2D eigenvalue weighted by Gasteiger charge is -2.54. The Morgan fingerprint density at radius 2 is 1.97 bits per heavy atom. The Labute approximate surface area is 215 Å². The van der Waals surface area contributed by atoms with Crippen molar-refractivity contribution in [3.8, 4) is 0 Å². The number of ether oxygens (including phenoxy) is 1. The van der Waals surface area contributed by atoms with Gasteiger partial charge in [0, 0.05) is 61.8 Å². The summed E-state index contributed by atoms with van der Waals surface area (Å²) >= 11 is 0. The molecule has 3 saturated heterocycles. The Morgan fingerprint density at radius 3 is 2.62 bits per heavy atom. The van der Waals surface area contributed by atoms with Crippen molar-refractivity contribution in [2.45, 2.75) is 37.2 Å². The molecule has 0 saturated carbocycles. The van der Waals surface area contributed by atoms with Gasteiger partial charge in [-0.25, -0.2) is 9.50 Å². The fourth-order valence-electron chi connectivity index (χ4n) is 5.60. The van der Waals surface area contributed by atoms with Crippen molar-refractivity contribution in [2.75, 3.05) is 55.8 Å². The third-order valence-corrected chi connectivity index (χ3v) is 9.85. The number of morpholine rings is 1. The molecule has 12 heteroatoms. The van der Waals surface area contributed by atoms with Gasteiger partial charge in [-0.1, -0.05) is 12.1 Å². The van der Waals surface area contributed by atoms with Crippen LogP contribution in [0, 0.1) is 6.92 Å². The maximum atomic E-state index is 13.6. The summed E-state index contributed by atoms with van der Waals surface area (Å²) in [6.07, 6.45) is -3.23. The molecule has 3 aliphatic heterocycles. The van der Waals surface area contributed by atoms with Gasteiger partial charge in [0.25, 0.3) is 0 Å². The van der Waals surface area contributed by atoms with Gasteiger partial charge in [0.1, 0.15) is 0 Å². The Morgan fingerprint density at radius 1 is 1.22 bits per heavy atom. The first kappa shape index (κ1) is 24.6. The molecule has 1 aromatic carbocycles. The second-order valence-corrected chi connectivity index (χ2v) is 12.2. The van der Waals surface area contributed by atoms with Crippen LogP contribution in [0.2, 0.25) is 0 Å². The largest absolute Gasteiger partial charge is 0.416 e. The number of rotatable bonds is 5. The van der Waals surface area contributed by atoms with Gasteiger partial charge in [-0.15, -0.1) is 5.10 Å². The summed E-state index contributed by atoms with van der Waals surface area (Å²) in [6.45, 7) is 6.00. The maximum absolute atomic E-state index is 13.6. The van der Waals surface area contributed by atoms with Gasteiger partial charge >= 0.3 is 6.18 Å². The normalized spacial score (nSPS) is 21.8. The lowest BCUT2D eigenvalue weighted by Crippen LogP contribution is -2.69. The van der Waals surface area contributed by atoms with Crippen molar-refractivity contribution in [1.82, 2.24) is 19.5 Å². The lowest BCUT2D eigenvalue weighted by molar-refractivity contribution is -0.138. The highest BCUT2D eigenvalue weighted by Crippen LogP contribution is 2.40. The van der Waals surface area contributed by atoms with E-state index in [9.17, 15) is 17.4 Å². The summed E-state index contributed by atoms with van der Waals surface area (Å²) in [5.74, 6) is 1.44. The quantitative estimate of drug-likeness (QED) is 0.539. The van der Waals surface area contributed by atoms with Gasteiger partial charge in [-0.2, -0.15) is 13.2 Å². The summed E-state index contributed by atoms with van der Waals surface area (Å²) in [6, 6.07) is 6.07. The lowest BCUT2D eigenvalue weighted by atomic mass is 9.94. The number of anilines is 2. The zero-order valence-electron chi connectivity index (χ0n) is 20.6. The summed E-state index contributed by atoms with van der Waals surface area (Å²) < 4.78 is 60.1. The Balaban J connectivity index is 1.40. The van der Waals surface area contributed by atoms with Crippen molar-refractivity contribution < 1.29 is 22.1 Å². The summed E-state index contributed by atoms with van der Waals surface area (Å²) in [5.41, 5.74) is 8.96. The average Bonchev–Trinajstić information content (AvgIpc) is 3.18. The highest BCUT2D eigenvalue weighted by molar-refractivity contribution is 7.88.